The summed E-state index contributed by atoms with van der Waals surface area (Å²) in [5.74, 6) is 0. The highest BCUT2D eigenvalue weighted by molar-refractivity contribution is 6.42. The number of hydrogen-bond acceptors (Lipinski definition) is 0. The van der Waals surface area contributed by atoms with Crippen LogP contribution >= 0.6 is 34.8 Å². The van der Waals surface area contributed by atoms with E-state index < -0.39 is 0 Å². The summed E-state index contributed by atoms with van der Waals surface area (Å²) in [5.41, 5.74) is 2.19. The van der Waals surface area contributed by atoms with Gasteiger partial charge in [-0.1, -0.05) is 65.7 Å². The van der Waals surface area contributed by atoms with Crippen LogP contribution < -0.4 is 0 Å². The lowest BCUT2D eigenvalue weighted by Gasteiger charge is -2.12. The first kappa shape index (κ1) is 14.7. The van der Waals surface area contributed by atoms with Crippen LogP contribution in [0.2, 0.25) is 10.0 Å². The van der Waals surface area contributed by atoms with Gasteiger partial charge in [-0.15, -0.1) is 11.6 Å². The van der Waals surface area contributed by atoms with Crippen LogP contribution in [0.1, 0.15) is 16.5 Å². The molecule has 106 valence electrons. The topological polar surface area (TPSA) is 0 Å². The summed E-state index contributed by atoms with van der Waals surface area (Å²) in [6.07, 6.45) is 0.719. The van der Waals surface area contributed by atoms with Gasteiger partial charge in [0.2, 0.25) is 0 Å². The van der Waals surface area contributed by atoms with Gasteiger partial charge in [0.1, 0.15) is 0 Å². The average molecular weight is 336 g/mol. The number of rotatable bonds is 3. The monoisotopic (exact) mass is 334 g/mol. The van der Waals surface area contributed by atoms with E-state index in [-0.39, 0.29) is 5.38 Å². The number of fused-ring (bicyclic) bond motifs is 1. The van der Waals surface area contributed by atoms with Crippen molar-refractivity contribution in [2.24, 2.45) is 0 Å². The Hall–Kier alpha value is -1.21. The fourth-order valence-corrected chi connectivity index (χ4v) is 3.03. The van der Waals surface area contributed by atoms with Crippen molar-refractivity contribution in [2.45, 2.75) is 11.8 Å². The Balaban J connectivity index is 1.85. The van der Waals surface area contributed by atoms with Crippen molar-refractivity contribution in [1.29, 1.82) is 0 Å². The average Bonchev–Trinajstić information content (AvgIpc) is 2.50. The molecule has 0 spiro atoms. The smallest absolute Gasteiger partial charge is 0.0625 e. The Bertz CT molecular complexity index is 780. The van der Waals surface area contributed by atoms with Gasteiger partial charge in [-0.3, -0.25) is 0 Å². The highest BCUT2D eigenvalue weighted by atomic mass is 35.5. The highest BCUT2D eigenvalue weighted by Crippen LogP contribution is 2.30. The van der Waals surface area contributed by atoms with Crippen LogP contribution in [0, 0.1) is 0 Å². The molecule has 0 saturated heterocycles. The van der Waals surface area contributed by atoms with E-state index in [1.807, 2.05) is 30.3 Å². The molecule has 0 fully saturated rings. The molecule has 0 aromatic heterocycles. The summed E-state index contributed by atoms with van der Waals surface area (Å²) in [6, 6.07) is 20.2. The van der Waals surface area contributed by atoms with Crippen molar-refractivity contribution in [3.8, 4) is 0 Å². The third-order valence-corrected chi connectivity index (χ3v) is 4.68. The summed E-state index contributed by atoms with van der Waals surface area (Å²) in [5, 5.41) is 3.47. The number of alkyl halides is 1. The lowest BCUT2D eigenvalue weighted by atomic mass is 10.0. The molecule has 3 aromatic rings. The standard InChI is InChI=1S/C18H13Cl3/c19-16-8-5-12(10-18(16)21)9-17(20)15-7-6-13-3-1-2-4-14(13)11-15/h1-8,10-11,17H,9H2. The molecule has 0 N–H and O–H groups in total. The fraction of sp³-hybridized carbons (Fsp3) is 0.111. The van der Waals surface area contributed by atoms with Crippen LogP contribution in [0.3, 0.4) is 0 Å². The Labute approximate surface area is 139 Å². The first-order valence-corrected chi connectivity index (χ1v) is 7.89. The molecule has 3 aromatic carbocycles. The quantitative estimate of drug-likeness (QED) is 0.469. The maximum absolute atomic E-state index is 6.56. The van der Waals surface area contributed by atoms with Gasteiger partial charge in [0.15, 0.2) is 0 Å². The van der Waals surface area contributed by atoms with Crippen LogP contribution in [-0.4, -0.2) is 0 Å². The van der Waals surface area contributed by atoms with Crippen molar-refractivity contribution in [3.05, 3.63) is 81.8 Å². The maximum Gasteiger partial charge on any atom is 0.0625 e. The zero-order valence-corrected chi connectivity index (χ0v) is 13.5. The fourth-order valence-electron chi connectivity index (χ4n) is 2.39. The third kappa shape index (κ3) is 3.35. The highest BCUT2D eigenvalue weighted by Gasteiger charge is 2.10. The lowest BCUT2D eigenvalue weighted by Crippen LogP contribution is -1.96. The Kier molecular flexibility index (Phi) is 4.40. The van der Waals surface area contributed by atoms with Crippen LogP contribution in [-0.2, 0) is 6.42 Å². The van der Waals surface area contributed by atoms with Crippen LogP contribution in [0.5, 0.6) is 0 Å². The minimum absolute atomic E-state index is 0.0909. The summed E-state index contributed by atoms with van der Waals surface area (Å²) in [4.78, 5) is 0. The molecule has 1 atom stereocenters. The number of benzene rings is 3. The number of halogens is 3. The first-order chi connectivity index (χ1) is 10.1. The molecule has 0 amide bonds. The van der Waals surface area contributed by atoms with Gasteiger partial charge < -0.3 is 0 Å². The molecular formula is C18H13Cl3. The van der Waals surface area contributed by atoms with Crippen LogP contribution in [0.25, 0.3) is 10.8 Å². The molecule has 1 unspecified atom stereocenters. The van der Waals surface area contributed by atoms with Gasteiger partial charge in [0.05, 0.1) is 15.4 Å². The maximum atomic E-state index is 6.56. The van der Waals surface area contributed by atoms with E-state index in [0.717, 1.165) is 17.5 Å². The first-order valence-electron chi connectivity index (χ1n) is 6.70. The van der Waals surface area contributed by atoms with E-state index in [1.54, 1.807) is 0 Å². The molecular weight excluding hydrogens is 323 g/mol. The molecule has 0 nitrogen and oxygen atoms in total. The van der Waals surface area contributed by atoms with Gasteiger partial charge >= 0.3 is 0 Å². The van der Waals surface area contributed by atoms with E-state index in [0.29, 0.717) is 10.0 Å². The lowest BCUT2D eigenvalue weighted by molar-refractivity contribution is 0.922. The van der Waals surface area contributed by atoms with Crippen molar-refractivity contribution in [1.82, 2.24) is 0 Å². The van der Waals surface area contributed by atoms with Gasteiger partial charge in [-0.25, -0.2) is 0 Å². The predicted octanol–water partition coefficient (Wildman–Crippen LogP) is 6.67. The molecule has 21 heavy (non-hydrogen) atoms. The van der Waals surface area contributed by atoms with E-state index in [1.165, 1.54) is 10.8 Å². The van der Waals surface area contributed by atoms with E-state index in [9.17, 15) is 0 Å². The molecule has 3 rings (SSSR count). The van der Waals surface area contributed by atoms with Gasteiger partial charge in [-0.2, -0.15) is 0 Å². The Morgan fingerprint density at radius 3 is 2.29 bits per heavy atom. The van der Waals surface area contributed by atoms with Crippen LogP contribution in [0.15, 0.2) is 60.7 Å². The van der Waals surface area contributed by atoms with Crippen LogP contribution in [0.4, 0.5) is 0 Å². The van der Waals surface area contributed by atoms with E-state index in [4.69, 9.17) is 34.8 Å². The van der Waals surface area contributed by atoms with Crippen molar-refractivity contribution >= 4 is 45.6 Å². The van der Waals surface area contributed by atoms with Gasteiger partial charge in [-0.05, 0) is 46.5 Å². The molecule has 0 radical (unpaired) electrons. The largest absolute Gasteiger partial charge is 0.117 e. The Morgan fingerprint density at radius 1 is 0.762 bits per heavy atom. The molecule has 3 heteroatoms. The molecule has 0 heterocycles. The summed E-state index contributed by atoms with van der Waals surface area (Å²) < 4.78 is 0. The zero-order valence-electron chi connectivity index (χ0n) is 11.2. The molecule has 0 saturated carbocycles. The number of hydrogen-bond donors (Lipinski definition) is 0. The van der Waals surface area contributed by atoms with E-state index >= 15 is 0 Å². The normalized spacial score (nSPS) is 12.5. The Morgan fingerprint density at radius 2 is 1.52 bits per heavy atom. The second kappa shape index (κ2) is 6.27. The molecule has 0 aliphatic carbocycles. The molecule has 0 aliphatic rings. The summed E-state index contributed by atoms with van der Waals surface area (Å²) >= 11 is 18.5. The second-order valence-electron chi connectivity index (χ2n) is 5.03. The van der Waals surface area contributed by atoms with E-state index in [2.05, 4.69) is 30.3 Å². The third-order valence-electron chi connectivity index (χ3n) is 3.53. The van der Waals surface area contributed by atoms with Gasteiger partial charge in [0, 0.05) is 0 Å². The minimum Gasteiger partial charge on any atom is -0.117 e. The van der Waals surface area contributed by atoms with Crippen molar-refractivity contribution < 1.29 is 0 Å². The van der Waals surface area contributed by atoms with Crippen molar-refractivity contribution in [3.63, 3.8) is 0 Å². The zero-order chi connectivity index (χ0) is 14.8. The summed E-state index contributed by atoms with van der Waals surface area (Å²) in [6.45, 7) is 0. The minimum atomic E-state index is -0.0909. The SMILES string of the molecule is Clc1ccc(CC(Cl)c2ccc3ccccc3c2)cc1Cl. The van der Waals surface area contributed by atoms with Gasteiger partial charge in [0.25, 0.3) is 0 Å². The molecule has 0 bridgehead atoms. The summed E-state index contributed by atoms with van der Waals surface area (Å²) in [7, 11) is 0. The molecule has 0 aliphatic heterocycles. The van der Waals surface area contributed by atoms with Crippen molar-refractivity contribution in [2.75, 3.05) is 0 Å². The predicted molar refractivity (Wildman–Crippen MR) is 92.7 cm³/mol. The second-order valence-corrected chi connectivity index (χ2v) is 6.37.